The summed E-state index contributed by atoms with van der Waals surface area (Å²) in [6, 6.07) is 6.92. The minimum atomic E-state index is -0.306. The predicted octanol–water partition coefficient (Wildman–Crippen LogP) is 1.52. The Morgan fingerprint density at radius 3 is 2.71 bits per heavy atom. The van der Waals surface area contributed by atoms with Gasteiger partial charge in [-0.15, -0.1) is 6.58 Å². The van der Waals surface area contributed by atoms with Crippen LogP contribution in [0.2, 0.25) is 0 Å². The topological polar surface area (TPSA) is 59.6 Å². The van der Waals surface area contributed by atoms with Crippen LogP contribution < -0.4 is 20.1 Å². The molecule has 5 nitrogen and oxygen atoms in total. The summed E-state index contributed by atoms with van der Waals surface area (Å²) in [5, 5.41) is 5.11. The summed E-state index contributed by atoms with van der Waals surface area (Å²) in [6.45, 7) is 3.98. The summed E-state index contributed by atoms with van der Waals surface area (Å²) in [4.78, 5) is 11.2. The number of para-hydroxylation sites is 2. The zero-order valence-electron chi connectivity index (χ0n) is 9.73. The molecule has 1 aromatic carbocycles. The second kappa shape index (κ2) is 7.16. The molecule has 0 fully saturated rings. The zero-order chi connectivity index (χ0) is 12.5. The highest BCUT2D eigenvalue weighted by Crippen LogP contribution is 2.25. The van der Waals surface area contributed by atoms with Crippen molar-refractivity contribution in [1.29, 1.82) is 0 Å². The van der Waals surface area contributed by atoms with Crippen molar-refractivity contribution >= 4 is 6.03 Å². The molecule has 0 heterocycles. The summed E-state index contributed by atoms with van der Waals surface area (Å²) in [5.41, 5.74) is 0. The summed E-state index contributed by atoms with van der Waals surface area (Å²) >= 11 is 0. The number of rotatable bonds is 6. The van der Waals surface area contributed by atoms with Crippen LogP contribution in [0, 0.1) is 0 Å². The van der Waals surface area contributed by atoms with Crippen LogP contribution in [0.1, 0.15) is 0 Å². The lowest BCUT2D eigenvalue weighted by atomic mass is 10.3. The van der Waals surface area contributed by atoms with Crippen LogP contribution >= 0.6 is 0 Å². The average Bonchev–Trinajstić information content (AvgIpc) is 2.37. The average molecular weight is 236 g/mol. The van der Waals surface area contributed by atoms with Crippen molar-refractivity contribution in [1.82, 2.24) is 10.6 Å². The van der Waals surface area contributed by atoms with Gasteiger partial charge in [-0.25, -0.2) is 4.79 Å². The third-order valence-electron chi connectivity index (χ3n) is 1.94. The Morgan fingerprint density at radius 2 is 2.06 bits per heavy atom. The fourth-order valence-corrected chi connectivity index (χ4v) is 1.14. The van der Waals surface area contributed by atoms with Gasteiger partial charge < -0.3 is 20.1 Å². The quantitative estimate of drug-likeness (QED) is 0.581. The second-order valence-electron chi connectivity index (χ2n) is 3.12. The normalized spacial score (nSPS) is 9.24. The Bertz CT molecular complexity index is 380. The molecule has 2 amide bonds. The van der Waals surface area contributed by atoms with Gasteiger partial charge >= 0.3 is 6.03 Å². The minimum absolute atomic E-state index is 0.0728. The molecule has 92 valence electrons. The Labute approximate surface area is 100 Å². The molecule has 0 saturated carbocycles. The van der Waals surface area contributed by atoms with E-state index in [0.29, 0.717) is 18.0 Å². The Kier molecular flexibility index (Phi) is 5.43. The fourth-order valence-electron chi connectivity index (χ4n) is 1.14. The highest BCUT2D eigenvalue weighted by Gasteiger charge is 2.02. The first kappa shape index (κ1) is 12.9. The molecule has 1 rings (SSSR count). The molecule has 5 heteroatoms. The molecule has 0 saturated heterocycles. The number of benzene rings is 1. The second-order valence-corrected chi connectivity index (χ2v) is 3.12. The first-order valence-corrected chi connectivity index (χ1v) is 5.16. The number of urea groups is 1. The molecule has 2 N–H and O–H groups in total. The van der Waals surface area contributed by atoms with Gasteiger partial charge in [-0.1, -0.05) is 18.2 Å². The maximum atomic E-state index is 11.2. The van der Waals surface area contributed by atoms with Gasteiger partial charge in [0, 0.05) is 6.54 Å². The minimum Gasteiger partial charge on any atom is -0.493 e. The summed E-state index contributed by atoms with van der Waals surface area (Å²) in [6.07, 6.45) is 1.60. The smallest absolute Gasteiger partial charge is 0.317 e. The van der Waals surface area contributed by atoms with Crippen LogP contribution in [0.15, 0.2) is 36.9 Å². The van der Waals surface area contributed by atoms with E-state index in [9.17, 15) is 4.79 Å². The number of hydrogen-bond donors (Lipinski definition) is 2. The third kappa shape index (κ3) is 4.46. The van der Waals surface area contributed by atoms with Crippen molar-refractivity contribution in [3.63, 3.8) is 0 Å². The fraction of sp³-hybridized carbons (Fsp3) is 0.250. The van der Waals surface area contributed by atoms with Gasteiger partial charge in [0.2, 0.25) is 0 Å². The van der Waals surface area contributed by atoms with Gasteiger partial charge in [-0.3, -0.25) is 0 Å². The van der Waals surface area contributed by atoms with Gasteiger partial charge in [0.25, 0.3) is 0 Å². The van der Waals surface area contributed by atoms with Crippen molar-refractivity contribution in [3.8, 4) is 11.5 Å². The summed E-state index contributed by atoms with van der Waals surface area (Å²) in [7, 11) is 1.56. The standard InChI is InChI=1S/C12H16N2O3/c1-3-8-13-12(15)14-9-17-11-7-5-4-6-10(11)16-2/h3-7H,1,8-9H2,2H3,(H2,13,14,15). The van der Waals surface area contributed by atoms with Crippen molar-refractivity contribution in [2.24, 2.45) is 0 Å². The number of ether oxygens (including phenoxy) is 2. The van der Waals surface area contributed by atoms with E-state index in [-0.39, 0.29) is 12.8 Å². The van der Waals surface area contributed by atoms with E-state index in [1.165, 1.54) is 0 Å². The molecule has 0 unspecified atom stereocenters. The maximum Gasteiger partial charge on any atom is 0.317 e. The van der Waals surface area contributed by atoms with E-state index in [4.69, 9.17) is 9.47 Å². The van der Waals surface area contributed by atoms with Gasteiger partial charge in [0.1, 0.15) is 0 Å². The van der Waals surface area contributed by atoms with Crippen LogP contribution in [0.5, 0.6) is 11.5 Å². The van der Waals surface area contributed by atoms with Gasteiger partial charge in [0.05, 0.1) is 7.11 Å². The molecule has 0 radical (unpaired) electrons. The van der Waals surface area contributed by atoms with Crippen LogP contribution in [-0.4, -0.2) is 26.4 Å². The third-order valence-corrected chi connectivity index (χ3v) is 1.94. The van der Waals surface area contributed by atoms with Crippen LogP contribution in [0.3, 0.4) is 0 Å². The monoisotopic (exact) mass is 236 g/mol. The molecule has 1 aromatic rings. The molecule has 0 atom stereocenters. The molecule has 17 heavy (non-hydrogen) atoms. The van der Waals surface area contributed by atoms with E-state index in [2.05, 4.69) is 17.2 Å². The van der Waals surface area contributed by atoms with E-state index in [1.54, 1.807) is 25.3 Å². The van der Waals surface area contributed by atoms with E-state index < -0.39 is 0 Å². The van der Waals surface area contributed by atoms with Gasteiger partial charge in [-0.05, 0) is 12.1 Å². The lowest BCUT2D eigenvalue weighted by Gasteiger charge is -2.11. The molecule has 0 bridgehead atoms. The van der Waals surface area contributed by atoms with Crippen molar-refractivity contribution in [3.05, 3.63) is 36.9 Å². The molecule has 0 aliphatic carbocycles. The van der Waals surface area contributed by atoms with Crippen LogP contribution in [-0.2, 0) is 0 Å². The SMILES string of the molecule is C=CCNC(=O)NCOc1ccccc1OC. The lowest BCUT2D eigenvalue weighted by Crippen LogP contribution is -2.37. The van der Waals surface area contributed by atoms with E-state index in [1.807, 2.05) is 12.1 Å². The molecule has 0 aliphatic rings. The number of amides is 2. The number of methoxy groups -OCH3 is 1. The maximum absolute atomic E-state index is 11.2. The Morgan fingerprint density at radius 1 is 1.35 bits per heavy atom. The molecular weight excluding hydrogens is 220 g/mol. The molecule has 0 aliphatic heterocycles. The molecule has 0 aromatic heterocycles. The van der Waals surface area contributed by atoms with Gasteiger partial charge in [-0.2, -0.15) is 0 Å². The number of carbonyl (C=O) groups excluding carboxylic acids is 1. The number of hydrogen-bond acceptors (Lipinski definition) is 3. The van der Waals surface area contributed by atoms with Crippen LogP contribution in [0.4, 0.5) is 4.79 Å². The molecular formula is C12H16N2O3. The summed E-state index contributed by atoms with van der Waals surface area (Å²) in [5.74, 6) is 1.21. The predicted molar refractivity (Wildman–Crippen MR) is 65.2 cm³/mol. The first-order chi connectivity index (χ1) is 8.27. The van der Waals surface area contributed by atoms with Crippen LogP contribution in [0.25, 0.3) is 0 Å². The van der Waals surface area contributed by atoms with Crippen molar-refractivity contribution in [2.75, 3.05) is 20.4 Å². The lowest BCUT2D eigenvalue weighted by molar-refractivity contribution is 0.222. The zero-order valence-corrected chi connectivity index (χ0v) is 9.73. The van der Waals surface area contributed by atoms with Gasteiger partial charge in [0.15, 0.2) is 18.2 Å². The highest BCUT2D eigenvalue weighted by molar-refractivity contribution is 5.73. The van der Waals surface area contributed by atoms with Crippen molar-refractivity contribution in [2.45, 2.75) is 0 Å². The summed E-state index contributed by atoms with van der Waals surface area (Å²) < 4.78 is 10.5. The Balaban J connectivity index is 2.35. The Hall–Kier alpha value is -2.17. The molecule has 0 spiro atoms. The highest BCUT2D eigenvalue weighted by atomic mass is 16.5. The number of carbonyl (C=O) groups is 1. The largest absolute Gasteiger partial charge is 0.493 e. The van der Waals surface area contributed by atoms with E-state index >= 15 is 0 Å². The first-order valence-electron chi connectivity index (χ1n) is 5.16. The van der Waals surface area contributed by atoms with Crippen molar-refractivity contribution < 1.29 is 14.3 Å². The van der Waals surface area contributed by atoms with E-state index in [0.717, 1.165) is 0 Å². The number of nitrogens with one attached hydrogen (secondary N) is 2.